The van der Waals surface area contributed by atoms with Gasteiger partial charge in [0.15, 0.2) is 0 Å². The third-order valence-electron chi connectivity index (χ3n) is 5.09. The lowest BCUT2D eigenvalue weighted by atomic mass is 9.81. The van der Waals surface area contributed by atoms with Crippen LogP contribution < -0.4 is 0 Å². The molecule has 0 aliphatic heterocycles. The summed E-state index contributed by atoms with van der Waals surface area (Å²) < 4.78 is 4.99. The van der Waals surface area contributed by atoms with Crippen LogP contribution in [0.15, 0.2) is 30.3 Å². The number of amides is 1. The van der Waals surface area contributed by atoms with Crippen LogP contribution in [0.1, 0.15) is 43.7 Å². The summed E-state index contributed by atoms with van der Waals surface area (Å²) in [5.41, 5.74) is 3.53. The SMILES string of the molecule is CCOC(=O)N(C)CC(O)C1=CC2(CCCC2)c2ccccc21. The molecule has 4 nitrogen and oxygen atoms in total. The molecule has 1 atom stereocenters. The highest BCUT2D eigenvalue weighted by atomic mass is 16.6. The summed E-state index contributed by atoms with van der Waals surface area (Å²) in [6.07, 6.45) is 5.93. The number of allylic oxidation sites excluding steroid dienone is 1. The van der Waals surface area contributed by atoms with Gasteiger partial charge in [-0.2, -0.15) is 0 Å². The normalized spacial score (nSPS) is 19.3. The number of benzene rings is 1. The molecular weight excluding hydrogens is 290 g/mol. The van der Waals surface area contributed by atoms with Crippen molar-refractivity contribution in [1.82, 2.24) is 4.90 Å². The summed E-state index contributed by atoms with van der Waals surface area (Å²) in [4.78, 5) is 13.2. The van der Waals surface area contributed by atoms with Gasteiger partial charge in [0.1, 0.15) is 0 Å². The Kier molecular flexibility index (Phi) is 4.44. The summed E-state index contributed by atoms with van der Waals surface area (Å²) in [7, 11) is 1.66. The highest BCUT2D eigenvalue weighted by Gasteiger charge is 2.41. The average molecular weight is 315 g/mol. The van der Waals surface area contributed by atoms with E-state index in [1.165, 1.54) is 23.3 Å². The van der Waals surface area contributed by atoms with Crippen LogP contribution >= 0.6 is 0 Å². The first kappa shape index (κ1) is 16.1. The minimum absolute atomic E-state index is 0.0927. The third-order valence-corrected chi connectivity index (χ3v) is 5.09. The molecule has 23 heavy (non-hydrogen) atoms. The Morgan fingerprint density at radius 1 is 1.35 bits per heavy atom. The van der Waals surface area contributed by atoms with E-state index in [-0.39, 0.29) is 12.0 Å². The number of aliphatic hydroxyl groups excluding tert-OH is 1. The number of aliphatic hydroxyl groups is 1. The molecule has 1 unspecified atom stereocenters. The first-order chi connectivity index (χ1) is 11.1. The summed E-state index contributed by atoms with van der Waals surface area (Å²) in [6.45, 7) is 2.37. The van der Waals surface area contributed by atoms with E-state index in [2.05, 4.69) is 24.3 Å². The van der Waals surface area contributed by atoms with E-state index in [1.54, 1.807) is 14.0 Å². The van der Waals surface area contributed by atoms with Gasteiger partial charge in [-0.05, 0) is 36.5 Å². The van der Waals surface area contributed by atoms with Gasteiger partial charge in [0.05, 0.1) is 19.3 Å². The minimum Gasteiger partial charge on any atom is -0.450 e. The quantitative estimate of drug-likeness (QED) is 0.927. The van der Waals surface area contributed by atoms with Gasteiger partial charge in [-0.15, -0.1) is 0 Å². The topological polar surface area (TPSA) is 49.8 Å². The van der Waals surface area contributed by atoms with Crippen LogP contribution in [0.2, 0.25) is 0 Å². The first-order valence-corrected chi connectivity index (χ1v) is 8.46. The minimum atomic E-state index is -0.689. The number of hydrogen-bond donors (Lipinski definition) is 1. The van der Waals surface area contributed by atoms with E-state index >= 15 is 0 Å². The van der Waals surface area contributed by atoms with Crippen LogP contribution in [0.25, 0.3) is 5.57 Å². The Morgan fingerprint density at radius 3 is 2.74 bits per heavy atom. The van der Waals surface area contributed by atoms with Crippen LogP contribution in [-0.4, -0.2) is 42.4 Å². The first-order valence-electron chi connectivity index (χ1n) is 8.46. The molecule has 1 amide bonds. The van der Waals surface area contributed by atoms with Gasteiger partial charge >= 0.3 is 6.09 Å². The standard InChI is InChI=1S/C19H25NO3/c1-3-23-18(22)20(2)13-17(21)15-12-19(10-6-7-11-19)16-9-5-4-8-14(15)16/h4-5,8-9,12,17,21H,3,6-7,10-11,13H2,1-2H3. The van der Waals surface area contributed by atoms with Crippen molar-refractivity contribution in [2.75, 3.05) is 20.2 Å². The zero-order valence-electron chi connectivity index (χ0n) is 13.9. The highest BCUT2D eigenvalue weighted by Crippen LogP contribution is 2.51. The summed E-state index contributed by atoms with van der Waals surface area (Å²) >= 11 is 0. The molecule has 1 N–H and O–H groups in total. The molecule has 1 saturated carbocycles. The Balaban J connectivity index is 1.83. The Morgan fingerprint density at radius 2 is 2.04 bits per heavy atom. The van der Waals surface area contributed by atoms with Crippen molar-refractivity contribution in [2.45, 2.75) is 44.1 Å². The van der Waals surface area contributed by atoms with E-state index in [0.717, 1.165) is 24.0 Å². The smallest absolute Gasteiger partial charge is 0.409 e. The number of carbonyl (C=O) groups is 1. The molecule has 3 rings (SSSR count). The zero-order valence-corrected chi connectivity index (χ0v) is 13.9. The molecule has 0 bridgehead atoms. The second-order valence-corrected chi connectivity index (χ2v) is 6.60. The van der Waals surface area contributed by atoms with Gasteiger partial charge in [-0.3, -0.25) is 0 Å². The molecule has 0 aromatic heterocycles. The number of nitrogens with zero attached hydrogens (tertiary/aromatic N) is 1. The molecule has 0 saturated heterocycles. The van der Waals surface area contributed by atoms with Crippen LogP contribution in [0.4, 0.5) is 4.79 Å². The largest absolute Gasteiger partial charge is 0.450 e. The van der Waals surface area contributed by atoms with Crippen LogP contribution in [0, 0.1) is 0 Å². The molecule has 1 fully saturated rings. The van der Waals surface area contributed by atoms with Crippen molar-refractivity contribution in [3.63, 3.8) is 0 Å². The fraction of sp³-hybridized carbons (Fsp3) is 0.526. The van der Waals surface area contributed by atoms with Crippen molar-refractivity contribution < 1.29 is 14.6 Å². The monoisotopic (exact) mass is 315 g/mol. The fourth-order valence-electron chi connectivity index (χ4n) is 3.98. The lowest BCUT2D eigenvalue weighted by Crippen LogP contribution is -2.35. The Labute approximate surface area is 137 Å². The number of fused-ring (bicyclic) bond motifs is 2. The molecule has 1 aromatic rings. The lowest BCUT2D eigenvalue weighted by Gasteiger charge is -2.22. The van der Waals surface area contributed by atoms with Crippen LogP contribution in [-0.2, 0) is 10.2 Å². The van der Waals surface area contributed by atoms with Gasteiger partial charge in [-0.25, -0.2) is 4.79 Å². The van der Waals surface area contributed by atoms with Crippen molar-refractivity contribution in [3.8, 4) is 0 Å². The molecule has 4 heteroatoms. The second kappa shape index (κ2) is 6.36. The third kappa shape index (κ3) is 2.88. The van der Waals surface area contributed by atoms with Crippen LogP contribution in [0.5, 0.6) is 0 Å². The maximum Gasteiger partial charge on any atom is 0.409 e. The molecule has 1 aromatic carbocycles. The molecule has 0 radical (unpaired) electrons. The predicted octanol–water partition coefficient (Wildman–Crippen LogP) is 3.34. The predicted molar refractivity (Wildman–Crippen MR) is 90.2 cm³/mol. The maximum absolute atomic E-state index is 11.8. The van der Waals surface area contributed by atoms with E-state index in [4.69, 9.17) is 4.74 Å². The average Bonchev–Trinajstić information content (AvgIpc) is 3.14. The highest BCUT2D eigenvalue weighted by molar-refractivity contribution is 5.79. The molecule has 2 aliphatic rings. The van der Waals surface area contributed by atoms with E-state index in [0.29, 0.717) is 6.61 Å². The number of rotatable bonds is 4. The Bertz CT molecular complexity index is 617. The summed E-state index contributed by atoms with van der Waals surface area (Å²) in [6, 6.07) is 8.36. The molecule has 2 aliphatic carbocycles. The van der Waals surface area contributed by atoms with Crippen molar-refractivity contribution in [2.24, 2.45) is 0 Å². The van der Waals surface area contributed by atoms with Crippen molar-refractivity contribution in [1.29, 1.82) is 0 Å². The van der Waals surface area contributed by atoms with Gasteiger partial charge in [0, 0.05) is 12.5 Å². The summed E-state index contributed by atoms with van der Waals surface area (Å²) in [5.74, 6) is 0. The van der Waals surface area contributed by atoms with Gasteiger partial charge in [-0.1, -0.05) is 43.2 Å². The van der Waals surface area contributed by atoms with E-state index < -0.39 is 12.2 Å². The number of likely N-dealkylation sites (N-methyl/N-ethyl adjacent to an activating group) is 1. The maximum atomic E-state index is 11.8. The number of ether oxygens (including phenoxy) is 1. The zero-order chi connectivity index (χ0) is 16.4. The summed E-state index contributed by atoms with van der Waals surface area (Å²) in [5, 5.41) is 10.7. The molecular formula is C19H25NO3. The number of hydrogen-bond acceptors (Lipinski definition) is 3. The molecule has 0 heterocycles. The molecule has 1 spiro atoms. The number of carbonyl (C=O) groups excluding carboxylic acids is 1. The van der Waals surface area contributed by atoms with Gasteiger partial charge < -0.3 is 14.7 Å². The van der Waals surface area contributed by atoms with Gasteiger partial charge in [0.25, 0.3) is 0 Å². The fourth-order valence-corrected chi connectivity index (χ4v) is 3.98. The van der Waals surface area contributed by atoms with E-state index in [9.17, 15) is 9.90 Å². The van der Waals surface area contributed by atoms with E-state index in [1.807, 2.05) is 6.07 Å². The molecule has 124 valence electrons. The Hall–Kier alpha value is -1.81. The van der Waals surface area contributed by atoms with Gasteiger partial charge in [0.2, 0.25) is 0 Å². The van der Waals surface area contributed by atoms with Crippen molar-refractivity contribution in [3.05, 3.63) is 41.5 Å². The lowest BCUT2D eigenvalue weighted by molar-refractivity contribution is 0.0997. The van der Waals surface area contributed by atoms with Crippen molar-refractivity contribution >= 4 is 11.7 Å². The van der Waals surface area contributed by atoms with Crippen LogP contribution in [0.3, 0.4) is 0 Å². The second-order valence-electron chi connectivity index (χ2n) is 6.60.